The molecule has 2 aromatic rings. The molecule has 1 fully saturated rings. The third-order valence-electron chi connectivity index (χ3n) is 5.12. The second-order valence-electron chi connectivity index (χ2n) is 7.36. The molecule has 2 N–H and O–H groups in total. The first kappa shape index (κ1) is 17.7. The highest BCUT2D eigenvalue weighted by Gasteiger charge is 2.24. The minimum Gasteiger partial charge on any atom is -0.408 e. The van der Waals surface area contributed by atoms with Crippen LogP contribution in [0.2, 0.25) is 0 Å². The van der Waals surface area contributed by atoms with Gasteiger partial charge in [0.2, 0.25) is 5.91 Å². The molecule has 2 heterocycles. The van der Waals surface area contributed by atoms with E-state index in [0.29, 0.717) is 17.0 Å². The number of hydrogen-bond acceptors (Lipinski definition) is 4. The van der Waals surface area contributed by atoms with E-state index < -0.39 is 5.76 Å². The average Bonchev–Trinajstić information content (AvgIpc) is 3.20. The number of nitrogens with zero attached hydrogens (tertiary/aromatic N) is 1. The average molecular weight is 345 g/mol. The third-order valence-corrected chi connectivity index (χ3v) is 5.12. The highest BCUT2D eigenvalue weighted by atomic mass is 16.4. The van der Waals surface area contributed by atoms with E-state index in [2.05, 4.69) is 29.0 Å². The van der Waals surface area contributed by atoms with Gasteiger partial charge in [-0.1, -0.05) is 19.9 Å². The predicted molar refractivity (Wildman–Crippen MR) is 97.7 cm³/mol. The molecule has 0 saturated carbocycles. The number of fused-ring (bicyclic) bond motifs is 1. The van der Waals surface area contributed by atoms with Crippen LogP contribution >= 0.6 is 0 Å². The third kappa shape index (κ3) is 4.12. The molecule has 136 valence electrons. The Morgan fingerprint density at radius 2 is 2.00 bits per heavy atom. The van der Waals surface area contributed by atoms with Gasteiger partial charge in [0, 0.05) is 12.6 Å². The zero-order valence-corrected chi connectivity index (χ0v) is 15.2. The standard InChI is InChI=1S/C19H27N3O3/c1-12(2)16(11-22-8-4-5-9-22)20-18(23)13(3)14-6-7-17-15(10-14)21-19(24)25-17/h6-7,10,12-13,16H,4-5,8-9,11H2,1-3H3,(H,20,23)(H,21,24). The lowest BCUT2D eigenvalue weighted by Gasteiger charge is -2.28. The number of rotatable bonds is 6. The van der Waals surface area contributed by atoms with E-state index in [4.69, 9.17) is 4.42 Å². The summed E-state index contributed by atoms with van der Waals surface area (Å²) in [5, 5.41) is 3.22. The Morgan fingerprint density at radius 3 is 2.68 bits per heavy atom. The largest absolute Gasteiger partial charge is 0.417 e. The first-order valence-corrected chi connectivity index (χ1v) is 9.09. The summed E-state index contributed by atoms with van der Waals surface area (Å²) < 4.78 is 5.02. The molecule has 2 unspecified atom stereocenters. The van der Waals surface area contributed by atoms with Crippen LogP contribution in [0.1, 0.15) is 45.1 Å². The number of amides is 1. The zero-order chi connectivity index (χ0) is 18.0. The Kier molecular flexibility index (Phi) is 5.27. The summed E-state index contributed by atoms with van der Waals surface area (Å²) in [6.45, 7) is 9.34. The number of carbonyl (C=O) groups excluding carboxylic acids is 1. The highest BCUT2D eigenvalue weighted by Crippen LogP contribution is 2.21. The first-order chi connectivity index (χ1) is 11.9. The van der Waals surface area contributed by atoms with Crippen LogP contribution in [0.3, 0.4) is 0 Å². The van der Waals surface area contributed by atoms with Crippen molar-refractivity contribution in [2.45, 2.75) is 45.6 Å². The maximum Gasteiger partial charge on any atom is 0.417 e. The summed E-state index contributed by atoms with van der Waals surface area (Å²) in [7, 11) is 0. The molecule has 1 aromatic carbocycles. The van der Waals surface area contributed by atoms with E-state index >= 15 is 0 Å². The fraction of sp³-hybridized carbons (Fsp3) is 0.579. The predicted octanol–water partition coefficient (Wildman–Crippen LogP) is 2.46. The molecule has 1 amide bonds. The van der Waals surface area contributed by atoms with Crippen molar-refractivity contribution in [1.29, 1.82) is 0 Å². The Balaban J connectivity index is 1.69. The van der Waals surface area contributed by atoms with Gasteiger partial charge >= 0.3 is 5.76 Å². The lowest BCUT2D eigenvalue weighted by Crippen LogP contribution is -2.47. The second kappa shape index (κ2) is 7.44. The van der Waals surface area contributed by atoms with Gasteiger partial charge in [0.25, 0.3) is 0 Å². The molecule has 6 nitrogen and oxygen atoms in total. The number of carbonyl (C=O) groups is 1. The first-order valence-electron chi connectivity index (χ1n) is 9.09. The fourth-order valence-electron chi connectivity index (χ4n) is 3.36. The van der Waals surface area contributed by atoms with Crippen LogP contribution < -0.4 is 11.1 Å². The molecule has 0 radical (unpaired) electrons. The number of hydrogen-bond donors (Lipinski definition) is 2. The van der Waals surface area contributed by atoms with Gasteiger partial charge in [0.15, 0.2) is 5.58 Å². The van der Waals surface area contributed by atoms with E-state index in [1.165, 1.54) is 12.8 Å². The van der Waals surface area contributed by atoms with Crippen molar-refractivity contribution in [1.82, 2.24) is 15.2 Å². The number of aromatic nitrogens is 1. The summed E-state index contributed by atoms with van der Waals surface area (Å²) in [6.07, 6.45) is 2.50. The minimum absolute atomic E-state index is 0.0167. The maximum absolute atomic E-state index is 12.7. The van der Waals surface area contributed by atoms with Crippen LogP contribution in [0.5, 0.6) is 0 Å². The number of oxazole rings is 1. The summed E-state index contributed by atoms with van der Waals surface area (Å²) in [5.41, 5.74) is 2.00. The Bertz CT molecular complexity index is 787. The lowest BCUT2D eigenvalue weighted by atomic mass is 9.97. The smallest absolute Gasteiger partial charge is 0.408 e. The van der Waals surface area contributed by atoms with E-state index in [9.17, 15) is 9.59 Å². The number of benzene rings is 1. The van der Waals surface area contributed by atoms with Gasteiger partial charge in [0.05, 0.1) is 11.4 Å². The van der Waals surface area contributed by atoms with Gasteiger partial charge in [0.1, 0.15) is 0 Å². The highest BCUT2D eigenvalue weighted by molar-refractivity contribution is 5.85. The van der Waals surface area contributed by atoms with Crippen LogP contribution in [0.25, 0.3) is 11.1 Å². The van der Waals surface area contributed by atoms with E-state index in [-0.39, 0.29) is 17.9 Å². The molecule has 2 atom stereocenters. The van der Waals surface area contributed by atoms with Gasteiger partial charge in [-0.2, -0.15) is 0 Å². The lowest BCUT2D eigenvalue weighted by molar-refractivity contribution is -0.123. The SMILES string of the molecule is CC(C(=O)NC(CN1CCCC1)C(C)C)c1ccc2oc(=O)[nH]c2c1. The van der Waals surface area contributed by atoms with Crippen LogP contribution in [0.4, 0.5) is 0 Å². The van der Waals surface area contributed by atoms with Gasteiger partial charge in [-0.3, -0.25) is 9.78 Å². The van der Waals surface area contributed by atoms with Crippen molar-refractivity contribution in [2.24, 2.45) is 5.92 Å². The Labute approximate surface area is 147 Å². The maximum atomic E-state index is 12.7. The summed E-state index contributed by atoms with van der Waals surface area (Å²) in [5.74, 6) is -0.370. The van der Waals surface area contributed by atoms with Crippen molar-refractivity contribution in [3.8, 4) is 0 Å². The molecule has 25 heavy (non-hydrogen) atoms. The van der Waals surface area contributed by atoms with Gasteiger partial charge in [-0.15, -0.1) is 0 Å². The molecule has 1 aliphatic heterocycles. The molecule has 0 spiro atoms. The number of H-pyrrole nitrogens is 1. The quantitative estimate of drug-likeness (QED) is 0.843. The van der Waals surface area contributed by atoms with Gasteiger partial charge in [-0.25, -0.2) is 4.79 Å². The molecule has 1 aromatic heterocycles. The molecule has 0 bridgehead atoms. The zero-order valence-electron chi connectivity index (χ0n) is 15.2. The molecule has 3 rings (SSSR count). The molecule has 1 saturated heterocycles. The van der Waals surface area contributed by atoms with Crippen molar-refractivity contribution >= 4 is 17.0 Å². The van der Waals surface area contributed by atoms with Crippen molar-refractivity contribution in [3.05, 3.63) is 34.3 Å². The minimum atomic E-state index is -0.477. The van der Waals surface area contributed by atoms with E-state index in [1.54, 1.807) is 6.07 Å². The van der Waals surface area contributed by atoms with E-state index in [0.717, 1.165) is 25.2 Å². The molecular formula is C19H27N3O3. The summed E-state index contributed by atoms with van der Waals surface area (Å²) in [6, 6.07) is 5.53. The van der Waals surface area contributed by atoms with Crippen LogP contribution in [-0.4, -0.2) is 41.5 Å². The molecule has 6 heteroatoms. The number of likely N-dealkylation sites (tertiary alicyclic amines) is 1. The topological polar surface area (TPSA) is 78.3 Å². The Hall–Kier alpha value is -2.08. The molecule has 1 aliphatic rings. The van der Waals surface area contributed by atoms with Crippen LogP contribution in [0, 0.1) is 5.92 Å². The van der Waals surface area contributed by atoms with Crippen molar-refractivity contribution in [2.75, 3.05) is 19.6 Å². The van der Waals surface area contributed by atoms with Gasteiger partial charge in [-0.05, 0) is 56.5 Å². The fourth-order valence-corrected chi connectivity index (χ4v) is 3.36. The van der Waals surface area contributed by atoms with Crippen molar-refractivity contribution < 1.29 is 9.21 Å². The number of aromatic amines is 1. The van der Waals surface area contributed by atoms with Crippen molar-refractivity contribution in [3.63, 3.8) is 0 Å². The molecular weight excluding hydrogens is 318 g/mol. The van der Waals surface area contributed by atoms with Crippen LogP contribution in [0.15, 0.2) is 27.4 Å². The second-order valence-corrected chi connectivity index (χ2v) is 7.36. The van der Waals surface area contributed by atoms with E-state index in [1.807, 2.05) is 19.1 Å². The number of nitrogens with one attached hydrogen (secondary N) is 2. The van der Waals surface area contributed by atoms with Gasteiger partial charge < -0.3 is 14.6 Å². The van der Waals surface area contributed by atoms with Crippen LogP contribution in [-0.2, 0) is 4.79 Å². The summed E-state index contributed by atoms with van der Waals surface area (Å²) in [4.78, 5) is 29.1. The Morgan fingerprint density at radius 1 is 1.28 bits per heavy atom. The summed E-state index contributed by atoms with van der Waals surface area (Å²) >= 11 is 0. The monoisotopic (exact) mass is 345 g/mol. The molecule has 0 aliphatic carbocycles. The normalized spacial score (nSPS) is 17.9.